The van der Waals surface area contributed by atoms with Crippen LogP contribution in [-0.2, 0) is 6.42 Å². The minimum absolute atomic E-state index is 0.288. The number of aliphatic hydroxyl groups is 1. The maximum Gasteiger partial charge on any atom is 0.126 e. The van der Waals surface area contributed by atoms with E-state index in [1.807, 2.05) is 18.3 Å². The van der Waals surface area contributed by atoms with E-state index >= 15 is 0 Å². The predicted molar refractivity (Wildman–Crippen MR) is 128 cm³/mol. The summed E-state index contributed by atoms with van der Waals surface area (Å²) in [6.07, 6.45) is 5.27. The summed E-state index contributed by atoms with van der Waals surface area (Å²) < 4.78 is 2.34. The number of aryl methyl sites for hydroxylation is 5. The van der Waals surface area contributed by atoms with Gasteiger partial charge in [0.2, 0.25) is 0 Å². The second-order valence-electron chi connectivity index (χ2n) is 8.07. The molecule has 1 atom stereocenters. The highest BCUT2D eigenvalue weighted by atomic mass is 79.9. The Morgan fingerprint density at radius 3 is 2.34 bits per heavy atom. The summed E-state index contributed by atoms with van der Waals surface area (Å²) in [5.41, 5.74) is 7.34. The molecular formula is C24H31BrN2OS. The second kappa shape index (κ2) is 9.67. The van der Waals surface area contributed by atoms with Crippen LogP contribution in [0.5, 0.6) is 0 Å². The van der Waals surface area contributed by atoms with Crippen molar-refractivity contribution >= 4 is 37.5 Å². The molecule has 0 aliphatic rings. The van der Waals surface area contributed by atoms with Crippen LogP contribution in [-0.4, -0.2) is 21.7 Å². The largest absolute Gasteiger partial charge is 0.396 e. The molecule has 0 fully saturated rings. The van der Waals surface area contributed by atoms with Gasteiger partial charge in [0.15, 0.2) is 0 Å². The number of rotatable bonds is 8. The van der Waals surface area contributed by atoms with E-state index in [0.29, 0.717) is 5.92 Å². The van der Waals surface area contributed by atoms with Gasteiger partial charge in [-0.15, -0.1) is 11.3 Å². The molecule has 3 nitrogen and oxygen atoms in total. The van der Waals surface area contributed by atoms with Crippen LogP contribution in [0.4, 0.5) is 0 Å². The smallest absolute Gasteiger partial charge is 0.126 e. The third-order valence-corrected chi connectivity index (χ3v) is 7.22. The van der Waals surface area contributed by atoms with Gasteiger partial charge in [-0.1, -0.05) is 29.3 Å². The standard InChI is InChI=1S/C24H31BrN2OS/c1-6-8-18(13-28)9-7-10-20-24-23(27-17(5)26-20)22(16(4)29-24)21-14(2)11-19(25)12-15(21)3/h11-12,18,28H,6-10,13H2,1-5H3. The van der Waals surface area contributed by atoms with Gasteiger partial charge in [-0.05, 0) is 88.1 Å². The average molecular weight is 475 g/mol. The Hall–Kier alpha value is -1.30. The number of nitrogens with zero attached hydrogens (tertiary/aromatic N) is 2. The van der Waals surface area contributed by atoms with Crippen molar-refractivity contribution in [1.82, 2.24) is 9.97 Å². The van der Waals surface area contributed by atoms with Crippen LogP contribution in [0.15, 0.2) is 16.6 Å². The molecule has 1 unspecified atom stereocenters. The maximum absolute atomic E-state index is 9.58. The topological polar surface area (TPSA) is 46.0 Å². The monoisotopic (exact) mass is 474 g/mol. The van der Waals surface area contributed by atoms with Crippen molar-refractivity contribution in [1.29, 1.82) is 0 Å². The molecular weight excluding hydrogens is 444 g/mol. The lowest BCUT2D eigenvalue weighted by atomic mass is 9.95. The Bertz CT molecular complexity index is 989. The van der Waals surface area contributed by atoms with Crippen molar-refractivity contribution in [3.63, 3.8) is 0 Å². The Balaban J connectivity index is 2.01. The van der Waals surface area contributed by atoms with E-state index in [1.54, 1.807) is 0 Å². The second-order valence-corrected chi connectivity index (χ2v) is 10.2. The minimum atomic E-state index is 0.288. The van der Waals surface area contributed by atoms with E-state index < -0.39 is 0 Å². The predicted octanol–water partition coefficient (Wildman–Crippen LogP) is 7.09. The maximum atomic E-state index is 9.58. The number of hydrogen-bond acceptors (Lipinski definition) is 4. The Morgan fingerprint density at radius 1 is 1.03 bits per heavy atom. The van der Waals surface area contributed by atoms with Gasteiger partial charge < -0.3 is 5.11 Å². The van der Waals surface area contributed by atoms with Crippen molar-refractivity contribution in [3.05, 3.63) is 44.1 Å². The minimum Gasteiger partial charge on any atom is -0.396 e. The molecule has 2 heterocycles. The van der Waals surface area contributed by atoms with Gasteiger partial charge >= 0.3 is 0 Å². The zero-order valence-corrected chi connectivity index (χ0v) is 20.5. The fourth-order valence-electron chi connectivity index (χ4n) is 4.33. The summed E-state index contributed by atoms with van der Waals surface area (Å²) >= 11 is 5.44. The van der Waals surface area contributed by atoms with Crippen LogP contribution >= 0.6 is 27.3 Å². The summed E-state index contributed by atoms with van der Waals surface area (Å²) in [6.45, 7) is 11.0. The van der Waals surface area contributed by atoms with Gasteiger partial charge in [0.05, 0.1) is 15.9 Å². The molecule has 0 aliphatic heterocycles. The fraction of sp³-hybridized carbons (Fsp3) is 0.500. The molecule has 0 amide bonds. The summed E-state index contributed by atoms with van der Waals surface area (Å²) in [4.78, 5) is 11.0. The van der Waals surface area contributed by atoms with Crippen LogP contribution in [0.1, 0.15) is 60.1 Å². The third kappa shape index (κ3) is 4.89. The van der Waals surface area contributed by atoms with Gasteiger partial charge in [0.1, 0.15) is 5.82 Å². The molecule has 5 heteroatoms. The molecule has 0 saturated carbocycles. The molecule has 3 aromatic rings. The molecule has 0 radical (unpaired) electrons. The van der Waals surface area contributed by atoms with E-state index in [9.17, 15) is 5.11 Å². The number of thiophene rings is 1. The highest BCUT2D eigenvalue weighted by Gasteiger charge is 2.20. The number of hydrogen-bond donors (Lipinski definition) is 1. The quantitative estimate of drug-likeness (QED) is 0.378. The lowest BCUT2D eigenvalue weighted by Gasteiger charge is -2.13. The van der Waals surface area contributed by atoms with Crippen LogP contribution in [0.2, 0.25) is 0 Å². The van der Waals surface area contributed by atoms with Crippen molar-refractivity contribution < 1.29 is 5.11 Å². The van der Waals surface area contributed by atoms with E-state index in [2.05, 4.69) is 55.8 Å². The molecule has 156 valence electrons. The van der Waals surface area contributed by atoms with E-state index in [-0.39, 0.29) is 6.61 Å². The summed E-state index contributed by atoms with van der Waals surface area (Å²) in [5.74, 6) is 1.25. The zero-order chi connectivity index (χ0) is 21.1. The van der Waals surface area contributed by atoms with Crippen LogP contribution in [0.25, 0.3) is 21.3 Å². The molecule has 1 aromatic carbocycles. The number of aromatic nitrogens is 2. The van der Waals surface area contributed by atoms with Crippen molar-refractivity contribution in [3.8, 4) is 11.1 Å². The van der Waals surface area contributed by atoms with Gasteiger partial charge in [0, 0.05) is 21.5 Å². The fourth-order valence-corrected chi connectivity index (χ4v) is 6.13. The molecule has 2 aromatic heterocycles. The summed E-state index contributed by atoms with van der Waals surface area (Å²) in [6, 6.07) is 4.37. The molecule has 0 aliphatic carbocycles. The van der Waals surface area contributed by atoms with Gasteiger partial charge in [-0.2, -0.15) is 0 Å². The number of halogens is 1. The molecule has 0 bridgehead atoms. The Kier molecular flexibility index (Phi) is 7.47. The van der Waals surface area contributed by atoms with Crippen molar-refractivity contribution in [2.75, 3.05) is 6.61 Å². The first-order chi connectivity index (χ1) is 13.8. The molecule has 1 N–H and O–H groups in total. The van der Waals surface area contributed by atoms with Crippen molar-refractivity contribution in [2.24, 2.45) is 5.92 Å². The van der Waals surface area contributed by atoms with Crippen LogP contribution < -0.4 is 0 Å². The van der Waals surface area contributed by atoms with Crippen LogP contribution in [0, 0.1) is 33.6 Å². The van der Waals surface area contributed by atoms with Gasteiger partial charge in [-0.25, -0.2) is 9.97 Å². The first kappa shape index (κ1) is 22.4. The first-order valence-electron chi connectivity index (χ1n) is 10.5. The van der Waals surface area contributed by atoms with E-state index in [0.717, 1.165) is 53.6 Å². The highest BCUT2D eigenvalue weighted by molar-refractivity contribution is 9.10. The van der Waals surface area contributed by atoms with E-state index in [4.69, 9.17) is 9.97 Å². The lowest BCUT2D eigenvalue weighted by Crippen LogP contribution is -2.06. The van der Waals surface area contributed by atoms with Crippen molar-refractivity contribution in [2.45, 2.75) is 66.7 Å². The number of fused-ring (bicyclic) bond motifs is 1. The summed E-state index contributed by atoms with van der Waals surface area (Å²) in [7, 11) is 0. The summed E-state index contributed by atoms with van der Waals surface area (Å²) in [5, 5.41) is 9.58. The number of benzene rings is 1. The lowest BCUT2D eigenvalue weighted by molar-refractivity contribution is 0.207. The average Bonchev–Trinajstić information content (AvgIpc) is 2.96. The van der Waals surface area contributed by atoms with Crippen LogP contribution in [0.3, 0.4) is 0 Å². The molecule has 3 rings (SSSR count). The Morgan fingerprint density at radius 2 is 1.72 bits per heavy atom. The molecule has 29 heavy (non-hydrogen) atoms. The third-order valence-electron chi connectivity index (χ3n) is 5.62. The zero-order valence-electron chi connectivity index (χ0n) is 18.1. The highest BCUT2D eigenvalue weighted by Crippen LogP contribution is 2.42. The Labute approximate surface area is 186 Å². The first-order valence-corrected chi connectivity index (χ1v) is 12.1. The number of aliphatic hydroxyl groups excluding tert-OH is 1. The SMILES string of the molecule is CCCC(CO)CCCc1nc(C)nc2c(-c3c(C)cc(Br)cc3C)c(C)sc12. The van der Waals surface area contributed by atoms with Gasteiger partial charge in [-0.3, -0.25) is 0 Å². The van der Waals surface area contributed by atoms with Gasteiger partial charge in [0.25, 0.3) is 0 Å². The molecule has 0 spiro atoms. The normalized spacial score (nSPS) is 12.7. The molecule has 0 saturated heterocycles. The van der Waals surface area contributed by atoms with E-state index in [1.165, 1.54) is 31.8 Å².